The molecule has 0 aliphatic carbocycles. The monoisotopic (exact) mass is 555 g/mol. The van der Waals surface area contributed by atoms with Crippen LogP contribution < -0.4 is 4.40 Å². The molecule has 3 unspecified atom stereocenters. The zero-order valence-corrected chi connectivity index (χ0v) is 22.3. The van der Waals surface area contributed by atoms with Gasteiger partial charge in [0.2, 0.25) is 0 Å². The van der Waals surface area contributed by atoms with Crippen LogP contribution in [-0.4, -0.2) is 34.0 Å². The SMILES string of the molecule is CCC(C)[NH-].CCC(C)[NH-].CCC(C)[NH-].[F][GeH2][c-]1cccc1.[Hf+4]. The van der Waals surface area contributed by atoms with Crippen LogP contribution in [0.5, 0.6) is 0 Å². The Balaban J connectivity index is -0.000000105. The Bertz CT molecular complexity index is 262. The fourth-order valence-corrected chi connectivity index (χ4v) is 1.45. The third-order valence-electron chi connectivity index (χ3n) is 2.72. The van der Waals surface area contributed by atoms with E-state index in [0.29, 0.717) is 0 Å². The van der Waals surface area contributed by atoms with Gasteiger partial charge in [-0.3, -0.25) is 0 Å². The van der Waals surface area contributed by atoms with Gasteiger partial charge in [0.1, 0.15) is 0 Å². The molecule has 0 saturated heterocycles. The molecule has 0 bridgehead atoms. The predicted octanol–water partition coefficient (Wildman–Crippen LogP) is 5.59. The number of rotatable bonds is 4. The second kappa shape index (κ2) is 24.8. The summed E-state index contributed by atoms with van der Waals surface area (Å²) in [4.78, 5) is 0. The molecule has 3 nitrogen and oxygen atoms in total. The maximum absolute atomic E-state index is 11.7. The number of hydrogen-bond acceptors (Lipinski definition) is 0. The second-order valence-corrected chi connectivity index (χ2v) is 7.63. The maximum Gasteiger partial charge on any atom is 4.00 e. The molecule has 134 valence electrons. The molecule has 0 aromatic heterocycles. The summed E-state index contributed by atoms with van der Waals surface area (Å²) in [5.41, 5.74) is 20.5. The topological polar surface area (TPSA) is 71.4 Å². The first-order valence-electron chi connectivity index (χ1n) is 8.14. The van der Waals surface area contributed by atoms with E-state index in [0.717, 1.165) is 23.7 Å². The zero-order valence-electron chi connectivity index (χ0n) is 15.7. The Kier molecular flexibility index (Phi) is 33.8. The van der Waals surface area contributed by atoms with Crippen molar-refractivity contribution < 1.29 is 29.3 Å². The van der Waals surface area contributed by atoms with Crippen molar-refractivity contribution >= 4 is 20.3 Å². The molecule has 3 N–H and O–H groups in total. The molecule has 0 fully saturated rings. The molecule has 0 heterocycles. The molecular weight excluding hydrogens is 516 g/mol. The van der Waals surface area contributed by atoms with Crippen LogP contribution in [0.3, 0.4) is 0 Å². The van der Waals surface area contributed by atoms with Crippen LogP contribution >= 0.6 is 0 Å². The molecule has 0 radical (unpaired) electrons. The van der Waals surface area contributed by atoms with Crippen molar-refractivity contribution in [2.24, 2.45) is 0 Å². The van der Waals surface area contributed by atoms with Crippen LogP contribution in [0.15, 0.2) is 24.3 Å². The van der Waals surface area contributed by atoms with Crippen LogP contribution in [0.1, 0.15) is 60.8 Å². The summed E-state index contributed by atoms with van der Waals surface area (Å²) in [6.45, 7) is 11.7. The van der Waals surface area contributed by atoms with E-state index >= 15 is 0 Å². The Morgan fingerprint density at radius 3 is 1.13 bits per heavy atom. The van der Waals surface area contributed by atoms with Crippen molar-refractivity contribution in [3.63, 3.8) is 0 Å². The van der Waals surface area contributed by atoms with Gasteiger partial charge >= 0.3 is 73.9 Å². The fourth-order valence-electron chi connectivity index (χ4n) is 0.503. The van der Waals surface area contributed by atoms with Gasteiger partial charge in [0.15, 0.2) is 0 Å². The smallest absolute Gasteiger partial charge is 4.00 e. The zero-order chi connectivity index (χ0) is 18.0. The second-order valence-electron chi connectivity index (χ2n) is 5.35. The van der Waals surface area contributed by atoms with E-state index in [1.807, 2.05) is 65.8 Å². The summed E-state index contributed by atoms with van der Waals surface area (Å²) in [6, 6.07) is 7.85. The van der Waals surface area contributed by atoms with Gasteiger partial charge in [0.05, 0.1) is 0 Å². The predicted molar refractivity (Wildman–Crippen MR) is 104 cm³/mol. The standard InChI is InChI=1S/C5H6FGe.3C4H10N.Hf/c6-7-5-3-1-2-4-5;3*1-3-4(2)5;/h1-4H,7H2;3*4-5H,3H2,1-2H3;/q4*-1;+4. The fraction of sp³-hybridized carbons (Fsp3) is 0.706. The van der Waals surface area contributed by atoms with Gasteiger partial charge in [-0.2, -0.15) is 0 Å². The van der Waals surface area contributed by atoms with Crippen molar-refractivity contribution in [3.05, 3.63) is 41.5 Å². The first kappa shape index (κ1) is 31.4. The quantitative estimate of drug-likeness (QED) is 0.345. The summed E-state index contributed by atoms with van der Waals surface area (Å²) >= 11 is -1.73. The van der Waals surface area contributed by atoms with Crippen molar-refractivity contribution in [2.75, 3.05) is 0 Å². The van der Waals surface area contributed by atoms with E-state index in [-0.39, 0.29) is 44.0 Å². The van der Waals surface area contributed by atoms with Crippen LogP contribution in [0, 0.1) is 0 Å². The Morgan fingerprint density at radius 1 is 0.826 bits per heavy atom. The number of hydrogen-bond donors (Lipinski definition) is 0. The van der Waals surface area contributed by atoms with Gasteiger partial charge in [0.25, 0.3) is 0 Å². The van der Waals surface area contributed by atoms with E-state index in [1.54, 1.807) is 0 Å². The van der Waals surface area contributed by atoms with Crippen molar-refractivity contribution in [3.8, 4) is 0 Å². The first-order valence-corrected chi connectivity index (χ1v) is 10.7. The Labute approximate surface area is 169 Å². The molecule has 1 aromatic rings. The summed E-state index contributed by atoms with van der Waals surface area (Å²) in [6.07, 6.45) is 2.92. The minimum Gasteiger partial charge on any atom is 4.00 e. The van der Waals surface area contributed by atoms with Gasteiger partial charge in [-0.25, -0.2) is 0 Å². The van der Waals surface area contributed by atoms with E-state index < -0.39 is 15.9 Å². The summed E-state index contributed by atoms with van der Waals surface area (Å²) in [5, 5.41) is 0. The van der Waals surface area contributed by atoms with Crippen molar-refractivity contribution in [2.45, 2.75) is 78.9 Å². The van der Waals surface area contributed by atoms with E-state index in [2.05, 4.69) is 0 Å². The van der Waals surface area contributed by atoms with Gasteiger partial charge in [-0.15, -0.1) is 18.1 Å². The molecule has 0 saturated carbocycles. The molecule has 1 aromatic carbocycles. The van der Waals surface area contributed by atoms with Crippen LogP contribution in [-0.2, 0) is 25.8 Å². The number of nitrogens with one attached hydrogen (secondary N) is 3. The van der Waals surface area contributed by atoms with Gasteiger partial charge < -0.3 is 17.2 Å². The molecule has 6 heteroatoms. The molecule has 0 aliphatic heterocycles. The third-order valence-corrected chi connectivity index (χ3v) is 4.36. The van der Waals surface area contributed by atoms with Crippen LogP contribution in [0.4, 0.5) is 3.50 Å². The Morgan fingerprint density at radius 2 is 1.04 bits per heavy atom. The first-order chi connectivity index (χ1) is 10.2. The molecular formula is C17H36FGeHfN3. The minimum atomic E-state index is -1.73. The largest absolute Gasteiger partial charge is 4.00 e. The van der Waals surface area contributed by atoms with Gasteiger partial charge in [0, 0.05) is 0 Å². The molecule has 0 spiro atoms. The summed E-state index contributed by atoms with van der Waals surface area (Å²) in [5.74, 6) is 0. The molecule has 0 aliphatic rings. The van der Waals surface area contributed by atoms with Crippen molar-refractivity contribution in [1.82, 2.24) is 0 Å². The number of halogens is 1. The molecule has 3 atom stereocenters. The van der Waals surface area contributed by atoms with E-state index in [4.69, 9.17) is 17.2 Å². The third kappa shape index (κ3) is 39.4. The van der Waals surface area contributed by atoms with Crippen LogP contribution in [0.25, 0.3) is 17.2 Å². The normalized spacial score (nSPS) is 13.1. The minimum absolute atomic E-state index is 0. The van der Waals surface area contributed by atoms with E-state index in [1.165, 1.54) is 0 Å². The van der Waals surface area contributed by atoms with Crippen LogP contribution in [0.2, 0.25) is 0 Å². The molecule has 0 amide bonds. The van der Waals surface area contributed by atoms with Gasteiger partial charge in [-0.05, 0) is 0 Å². The molecule has 23 heavy (non-hydrogen) atoms. The Hall–Kier alpha value is 0.573. The summed E-state index contributed by atoms with van der Waals surface area (Å²) in [7, 11) is 0. The summed E-state index contributed by atoms with van der Waals surface area (Å²) < 4.78 is 12.7. The van der Waals surface area contributed by atoms with Gasteiger partial charge in [-0.1, -0.05) is 60.8 Å². The average Bonchev–Trinajstić information content (AvgIpc) is 3.02. The maximum atomic E-state index is 11.7. The van der Waals surface area contributed by atoms with E-state index in [9.17, 15) is 3.50 Å². The molecule has 1 rings (SSSR count). The average molecular weight is 553 g/mol. The van der Waals surface area contributed by atoms with Crippen molar-refractivity contribution in [1.29, 1.82) is 0 Å².